The van der Waals surface area contributed by atoms with Crippen LogP contribution in [-0.2, 0) is 29.0 Å². The van der Waals surface area contributed by atoms with Gasteiger partial charge in [-0.15, -0.1) is 0 Å². The molecular formula is C30H35ClN2O2. The molecule has 0 saturated heterocycles. The maximum Gasteiger partial charge on any atom is 0.243 e. The van der Waals surface area contributed by atoms with Crippen molar-refractivity contribution in [1.82, 2.24) is 10.2 Å². The molecule has 0 aliphatic carbocycles. The number of carbonyl (C=O) groups is 2. The molecule has 4 nitrogen and oxygen atoms in total. The Hall–Kier alpha value is -3.11. The predicted molar refractivity (Wildman–Crippen MR) is 143 cm³/mol. The summed E-state index contributed by atoms with van der Waals surface area (Å²) in [7, 11) is 0. The van der Waals surface area contributed by atoms with E-state index in [2.05, 4.69) is 5.32 Å². The van der Waals surface area contributed by atoms with Crippen LogP contribution in [0.1, 0.15) is 48.6 Å². The Morgan fingerprint density at radius 3 is 2.23 bits per heavy atom. The third-order valence-corrected chi connectivity index (χ3v) is 6.28. The second-order valence-electron chi connectivity index (χ2n) is 10.2. The maximum absolute atomic E-state index is 13.9. The van der Waals surface area contributed by atoms with Gasteiger partial charge >= 0.3 is 0 Å². The van der Waals surface area contributed by atoms with Crippen LogP contribution in [0.3, 0.4) is 0 Å². The summed E-state index contributed by atoms with van der Waals surface area (Å²) in [6.45, 7) is 10.1. The Bertz CT molecular complexity index is 1170. The van der Waals surface area contributed by atoms with E-state index in [1.54, 1.807) is 4.90 Å². The first-order valence-electron chi connectivity index (χ1n) is 12.0. The number of nitrogens with zero attached hydrogens (tertiary/aromatic N) is 1. The third kappa shape index (κ3) is 7.69. The number of halogens is 1. The molecule has 0 bridgehead atoms. The van der Waals surface area contributed by atoms with Crippen LogP contribution in [0.15, 0.2) is 72.8 Å². The van der Waals surface area contributed by atoms with Crippen LogP contribution in [0.2, 0.25) is 5.02 Å². The molecule has 184 valence electrons. The first-order chi connectivity index (χ1) is 16.5. The lowest BCUT2D eigenvalue weighted by Crippen LogP contribution is -2.54. The highest BCUT2D eigenvalue weighted by Gasteiger charge is 2.32. The SMILES string of the molecule is Cc1ccc(C)c(CC(=O)N(Cc2ccccc2Cl)[C@@H](Cc2ccccc2)C(=O)NC(C)(C)C)c1. The van der Waals surface area contributed by atoms with Crippen molar-refractivity contribution in [2.24, 2.45) is 0 Å². The minimum atomic E-state index is -0.689. The molecule has 1 atom stereocenters. The Kier molecular flexibility index (Phi) is 8.74. The van der Waals surface area contributed by atoms with Crippen LogP contribution in [0.5, 0.6) is 0 Å². The average molecular weight is 491 g/mol. The van der Waals surface area contributed by atoms with Gasteiger partial charge in [0.05, 0.1) is 6.42 Å². The van der Waals surface area contributed by atoms with E-state index >= 15 is 0 Å². The zero-order valence-corrected chi connectivity index (χ0v) is 22.0. The highest BCUT2D eigenvalue weighted by atomic mass is 35.5. The fraction of sp³-hybridized carbons (Fsp3) is 0.333. The van der Waals surface area contributed by atoms with Crippen LogP contribution >= 0.6 is 11.6 Å². The number of benzene rings is 3. The van der Waals surface area contributed by atoms with Gasteiger partial charge in [0, 0.05) is 23.5 Å². The van der Waals surface area contributed by atoms with E-state index in [4.69, 9.17) is 11.6 Å². The first kappa shape index (κ1) is 26.5. The summed E-state index contributed by atoms with van der Waals surface area (Å²) in [5, 5.41) is 3.67. The Morgan fingerprint density at radius 1 is 0.914 bits per heavy atom. The van der Waals surface area contributed by atoms with E-state index in [-0.39, 0.29) is 24.8 Å². The zero-order chi connectivity index (χ0) is 25.6. The lowest BCUT2D eigenvalue weighted by molar-refractivity contribution is -0.141. The summed E-state index contributed by atoms with van der Waals surface area (Å²) in [6, 6.07) is 22.7. The van der Waals surface area contributed by atoms with E-state index in [0.717, 1.165) is 27.8 Å². The summed E-state index contributed by atoms with van der Waals surface area (Å²) in [5.74, 6) is -0.286. The van der Waals surface area contributed by atoms with Crippen molar-refractivity contribution in [2.75, 3.05) is 0 Å². The predicted octanol–water partition coefficient (Wildman–Crippen LogP) is 6.05. The molecule has 3 rings (SSSR count). The third-order valence-electron chi connectivity index (χ3n) is 5.91. The molecule has 2 amide bonds. The lowest BCUT2D eigenvalue weighted by atomic mass is 9.98. The van der Waals surface area contributed by atoms with Gasteiger partial charge in [0.25, 0.3) is 0 Å². The van der Waals surface area contributed by atoms with E-state index in [1.807, 2.05) is 107 Å². The second kappa shape index (κ2) is 11.5. The number of hydrogen-bond donors (Lipinski definition) is 1. The Labute approximate surface area is 214 Å². The number of nitrogens with one attached hydrogen (secondary N) is 1. The van der Waals surface area contributed by atoms with Crippen molar-refractivity contribution in [1.29, 1.82) is 0 Å². The van der Waals surface area contributed by atoms with Gasteiger partial charge in [-0.3, -0.25) is 9.59 Å². The summed E-state index contributed by atoms with van der Waals surface area (Å²) >= 11 is 6.49. The number of aryl methyl sites for hydroxylation is 2. The van der Waals surface area contributed by atoms with Crippen LogP contribution in [-0.4, -0.2) is 28.3 Å². The van der Waals surface area contributed by atoms with Crippen molar-refractivity contribution in [3.63, 3.8) is 0 Å². The fourth-order valence-electron chi connectivity index (χ4n) is 4.07. The average Bonchev–Trinajstić information content (AvgIpc) is 2.79. The maximum atomic E-state index is 13.9. The van der Waals surface area contributed by atoms with Gasteiger partial charge in [-0.2, -0.15) is 0 Å². The molecule has 0 spiro atoms. The highest BCUT2D eigenvalue weighted by Crippen LogP contribution is 2.22. The normalized spacial score (nSPS) is 12.2. The van der Waals surface area contributed by atoms with Crippen molar-refractivity contribution >= 4 is 23.4 Å². The summed E-state index contributed by atoms with van der Waals surface area (Å²) in [5.41, 5.74) is 4.49. The van der Waals surface area contributed by atoms with Crippen molar-refractivity contribution in [2.45, 2.75) is 65.6 Å². The minimum Gasteiger partial charge on any atom is -0.350 e. The number of amides is 2. The van der Waals surface area contributed by atoms with Crippen molar-refractivity contribution in [3.8, 4) is 0 Å². The molecule has 35 heavy (non-hydrogen) atoms. The molecule has 0 heterocycles. The molecular weight excluding hydrogens is 456 g/mol. The van der Waals surface area contributed by atoms with Crippen molar-refractivity contribution < 1.29 is 9.59 Å². The molecule has 3 aromatic rings. The van der Waals surface area contributed by atoms with Gasteiger partial charge in [0.2, 0.25) is 11.8 Å². The molecule has 0 fully saturated rings. The lowest BCUT2D eigenvalue weighted by Gasteiger charge is -2.34. The van der Waals surface area contributed by atoms with Gasteiger partial charge in [0.1, 0.15) is 6.04 Å². The molecule has 0 aliphatic rings. The molecule has 0 aromatic heterocycles. The van der Waals surface area contributed by atoms with Crippen LogP contribution in [0.4, 0.5) is 0 Å². The van der Waals surface area contributed by atoms with Crippen LogP contribution < -0.4 is 5.32 Å². The molecule has 0 radical (unpaired) electrons. The van der Waals surface area contributed by atoms with E-state index < -0.39 is 11.6 Å². The van der Waals surface area contributed by atoms with Crippen molar-refractivity contribution in [3.05, 3.63) is 106 Å². The monoisotopic (exact) mass is 490 g/mol. The quantitative estimate of drug-likeness (QED) is 0.417. The summed E-state index contributed by atoms with van der Waals surface area (Å²) < 4.78 is 0. The van der Waals surface area contributed by atoms with Gasteiger partial charge in [-0.25, -0.2) is 0 Å². The van der Waals surface area contributed by atoms with Gasteiger partial charge in [-0.05, 0) is 62.9 Å². The summed E-state index contributed by atoms with van der Waals surface area (Å²) in [4.78, 5) is 29.2. The largest absolute Gasteiger partial charge is 0.350 e. The first-order valence-corrected chi connectivity index (χ1v) is 12.4. The Morgan fingerprint density at radius 2 is 1.57 bits per heavy atom. The zero-order valence-electron chi connectivity index (χ0n) is 21.3. The molecule has 0 unspecified atom stereocenters. The molecule has 0 aliphatic heterocycles. The molecule has 0 saturated carbocycles. The van der Waals surface area contributed by atoms with Crippen LogP contribution in [0.25, 0.3) is 0 Å². The Balaban J connectivity index is 2.03. The van der Waals surface area contributed by atoms with Gasteiger partial charge < -0.3 is 10.2 Å². The van der Waals surface area contributed by atoms with Crippen LogP contribution in [0, 0.1) is 13.8 Å². The molecule has 5 heteroatoms. The molecule has 3 aromatic carbocycles. The topological polar surface area (TPSA) is 49.4 Å². The smallest absolute Gasteiger partial charge is 0.243 e. The number of rotatable bonds is 8. The highest BCUT2D eigenvalue weighted by molar-refractivity contribution is 6.31. The molecule has 1 N–H and O–H groups in total. The number of hydrogen-bond acceptors (Lipinski definition) is 2. The number of carbonyl (C=O) groups excluding carboxylic acids is 2. The second-order valence-corrected chi connectivity index (χ2v) is 10.6. The van der Waals surface area contributed by atoms with Gasteiger partial charge in [-0.1, -0.05) is 83.9 Å². The summed E-state index contributed by atoms with van der Waals surface area (Å²) in [6.07, 6.45) is 0.623. The fourth-order valence-corrected chi connectivity index (χ4v) is 4.27. The standard InChI is InChI=1S/C30H35ClN2O2/c1-21-15-16-22(2)25(17-21)19-28(34)33(20-24-13-9-10-14-26(24)31)27(29(35)32-30(3,4)5)18-23-11-7-6-8-12-23/h6-17,27H,18-20H2,1-5H3,(H,32,35)/t27-/m0/s1. The van der Waals surface area contributed by atoms with E-state index in [1.165, 1.54) is 0 Å². The van der Waals surface area contributed by atoms with E-state index in [0.29, 0.717) is 11.4 Å². The van der Waals surface area contributed by atoms with Gasteiger partial charge in [0.15, 0.2) is 0 Å². The minimum absolute atomic E-state index is 0.108. The van der Waals surface area contributed by atoms with E-state index in [9.17, 15) is 9.59 Å².